The molecule has 2 aromatic carbocycles. The molecule has 0 atom stereocenters. The Kier molecular flexibility index (Phi) is 2.78. The molecule has 102 valence electrons. The molecule has 3 rings (SSSR count). The molecule has 1 aromatic heterocycles. The molecular formula is C17H18N2O. The van der Waals surface area contributed by atoms with Gasteiger partial charge >= 0.3 is 0 Å². The van der Waals surface area contributed by atoms with E-state index >= 15 is 0 Å². The Labute approximate surface area is 117 Å². The second-order valence-corrected chi connectivity index (χ2v) is 5.52. The van der Waals surface area contributed by atoms with Crippen molar-refractivity contribution in [3.05, 3.63) is 52.2 Å². The molecule has 3 heteroatoms. The predicted octanol–water partition coefficient (Wildman–Crippen LogP) is 3.40. The Morgan fingerprint density at radius 1 is 1.05 bits per heavy atom. The van der Waals surface area contributed by atoms with Crippen LogP contribution >= 0.6 is 0 Å². The molecule has 0 bridgehead atoms. The van der Waals surface area contributed by atoms with Gasteiger partial charge in [0.15, 0.2) is 5.43 Å². The van der Waals surface area contributed by atoms with Crippen LogP contribution in [-0.4, -0.2) is 4.57 Å². The number of hydrogen-bond donors (Lipinski definition) is 1. The summed E-state index contributed by atoms with van der Waals surface area (Å²) >= 11 is 0. The van der Waals surface area contributed by atoms with Crippen molar-refractivity contribution >= 4 is 27.5 Å². The molecule has 0 saturated carbocycles. The van der Waals surface area contributed by atoms with Crippen molar-refractivity contribution in [1.29, 1.82) is 0 Å². The summed E-state index contributed by atoms with van der Waals surface area (Å²) in [5, 5.41) is 1.42. The van der Waals surface area contributed by atoms with Crippen molar-refractivity contribution in [3.63, 3.8) is 0 Å². The molecule has 2 N–H and O–H groups in total. The summed E-state index contributed by atoms with van der Waals surface area (Å²) in [4.78, 5) is 12.6. The summed E-state index contributed by atoms with van der Waals surface area (Å²) in [7, 11) is 1.96. The number of pyridine rings is 1. The van der Waals surface area contributed by atoms with Crippen LogP contribution in [0.25, 0.3) is 21.8 Å². The van der Waals surface area contributed by atoms with Gasteiger partial charge in [0.2, 0.25) is 0 Å². The normalized spacial score (nSPS) is 11.6. The van der Waals surface area contributed by atoms with Gasteiger partial charge in [-0.05, 0) is 29.7 Å². The third-order valence-electron chi connectivity index (χ3n) is 3.96. The van der Waals surface area contributed by atoms with Crippen molar-refractivity contribution < 1.29 is 0 Å². The van der Waals surface area contributed by atoms with Crippen LogP contribution in [0.3, 0.4) is 0 Å². The van der Waals surface area contributed by atoms with E-state index in [1.54, 1.807) is 0 Å². The Hall–Kier alpha value is -2.29. The molecule has 3 aromatic rings. The maximum Gasteiger partial charge on any atom is 0.197 e. The first kappa shape index (κ1) is 12.7. The fourth-order valence-electron chi connectivity index (χ4n) is 2.90. The molecule has 0 aliphatic heterocycles. The monoisotopic (exact) mass is 266 g/mol. The highest BCUT2D eigenvalue weighted by atomic mass is 16.1. The summed E-state index contributed by atoms with van der Waals surface area (Å²) in [6.45, 7) is 4.22. The average Bonchev–Trinajstić information content (AvgIpc) is 2.44. The van der Waals surface area contributed by atoms with Gasteiger partial charge in [-0.2, -0.15) is 0 Å². The van der Waals surface area contributed by atoms with Gasteiger partial charge in [0.1, 0.15) is 0 Å². The minimum Gasteiger partial charge on any atom is -0.397 e. The van der Waals surface area contributed by atoms with Crippen molar-refractivity contribution in [3.8, 4) is 0 Å². The lowest BCUT2D eigenvalue weighted by Crippen LogP contribution is -2.12. The third kappa shape index (κ3) is 1.63. The lowest BCUT2D eigenvalue weighted by atomic mass is 9.98. The van der Waals surface area contributed by atoms with Crippen molar-refractivity contribution in [2.45, 2.75) is 19.8 Å². The number of rotatable bonds is 1. The first-order valence-corrected chi connectivity index (χ1v) is 6.82. The van der Waals surface area contributed by atoms with Crippen LogP contribution in [0, 0.1) is 0 Å². The standard InChI is InChI=1S/C17H18N2O/c1-10(2)11-8-9-13-16(15(11)18)19(3)14-7-5-4-6-12(14)17(13)20/h4-10H,18H2,1-3H3. The minimum atomic E-state index is 0.0516. The van der Waals surface area contributed by atoms with Crippen LogP contribution in [0.4, 0.5) is 5.69 Å². The van der Waals surface area contributed by atoms with E-state index in [1.165, 1.54) is 0 Å². The van der Waals surface area contributed by atoms with Crippen LogP contribution < -0.4 is 11.2 Å². The molecule has 0 amide bonds. The summed E-state index contributed by atoms with van der Waals surface area (Å²) < 4.78 is 2.02. The summed E-state index contributed by atoms with van der Waals surface area (Å²) in [5.74, 6) is 0.334. The number of fused-ring (bicyclic) bond motifs is 2. The molecule has 1 heterocycles. The van der Waals surface area contributed by atoms with Gasteiger partial charge in [-0.15, -0.1) is 0 Å². The Morgan fingerprint density at radius 2 is 1.75 bits per heavy atom. The Morgan fingerprint density at radius 3 is 2.45 bits per heavy atom. The minimum absolute atomic E-state index is 0.0516. The van der Waals surface area contributed by atoms with Gasteiger partial charge in [-0.25, -0.2) is 0 Å². The van der Waals surface area contributed by atoms with E-state index in [-0.39, 0.29) is 5.43 Å². The second-order valence-electron chi connectivity index (χ2n) is 5.52. The topological polar surface area (TPSA) is 48.0 Å². The first-order chi connectivity index (χ1) is 9.52. The lowest BCUT2D eigenvalue weighted by molar-refractivity contribution is 0.869. The number of nitrogens with two attached hydrogens (primary N) is 1. The van der Waals surface area contributed by atoms with Crippen LogP contribution in [0.1, 0.15) is 25.3 Å². The number of aromatic nitrogens is 1. The number of para-hydroxylation sites is 1. The summed E-state index contributed by atoms with van der Waals surface area (Å²) in [6.07, 6.45) is 0. The van der Waals surface area contributed by atoms with Gasteiger partial charge in [0.25, 0.3) is 0 Å². The summed E-state index contributed by atoms with van der Waals surface area (Å²) in [5.41, 5.74) is 9.92. The number of benzene rings is 2. The van der Waals surface area contributed by atoms with E-state index < -0.39 is 0 Å². The van der Waals surface area contributed by atoms with Crippen LogP contribution in [0.5, 0.6) is 0 Å². The lowest BCUT2D eigenvalue weighted by Gasteiger charge is -2.16. The maximum atomic E-state index is 12.6. The highest BCUT2D eigenvalue weighted by molar-refractivity contribution is 5.99. The molecule has 3 nitrogen and oxygen atoms in total. The molecular weight excluding hydrogens is 248 g/mol. The van der Waals surface area contributed by atoms with Crippen LogP contribution in [-0.2, 0) is 7.05 Å². The van der Waals surface area contributed by atoms with Crippen molar-refractivity contribution in [2.75, 3.05) is 5.73 Å². The zero-order valence-corrected chi connectivity index (χ0v) is 12.0. The number of hydrogen-bond acceptors (Lipinski definition) is 2. The van der Waals surface area contributed by atoms with E-state index in [9.17, 15) is 4.79 Å². The number of anilines is 1. The van der Waals surface area contributed by atoms with Gasteiger partial charge < -0.3 is 10.3 Å². The van der Waals surface area contributed by atoms with Gasteiger partial charge in [-0.1, -0.05) is 32.0 Å². The fourth-order valence-corrected chi connectivity index (χ4v) is 2.90. The summed E-state index contributed by atoms with van der Waals surface area (Å²) in [6, 6.07) is 11.5. The molecule has 20 heavy (non-hydrogen) atoms. The molecule has 0 aliphatic carbocycles. The smallest absolute Gasteiger partial charge is 0.197 e. The molecule has 0 spiro atoms. The van der Waals surface area contributed by atoms with Crippen LogP contribution in [0.15, 0.2) is 41.2 Å². The molecule has 0 aliphatic rings. The Balaban J connectivity index is 2.60. The first-order valence-electron chi connectivity index (χ1n) is 6.82. The molecule has 0 unspecified atom stereocenters. The highest BCUT2D eigenvalue weighted by Crippen LogP contribution is 2.30. The van der Waals surface area contributed by atoms with Crippen molar-refractivity contribution in [1.82, 2.24) is 4.57 Å². The van der Waals surface area contributed by atoms with Gasteiger partial charge in [-0.3, -0.25) is 4.79 Å². The quantitative estimate of drug-likeness (QED) is 0.542. The predicted molar refractivity (Wildman–Crippen MR) is 85.2 cm³/mol. The van der Waals surface area contributed by atoms with Gasteiger partial charge in [0.05, 0.1) is 16.7 Å². The SMILES string of the molecule is CC(C)c1ccc2c(=O)c3ccccc3n(C)c2c1N. The van der Waals surface area contributed by atoms with Crippen LogP contribution in [0.2, 0.25) is 0 Å². The largest absolute Gasteiger partial charge is 0.397 e. The van der Waals surface area contributed by atoms with E-state index in [2.05, 4.69) is 13.8 Å². The maximum absolute atomic E-state index is 12.6. The Bertz CT molecular complexity index is 875. The molecule has 0 radical (unpaired) electrons. The highest BCUT2D eigenvalue weighted by Gasteiger charge is 2.14. The number of nitrogens with zero attached hydrogens (tertiary/aromatic N) is 1. The fraction of sp³-hybridized carbons (Fsp3) is 0.235. The van der Waals surface area contributed by atoms with E-state index in [1.807, 2.05) is 48.0 Å². The van der Waals surface area contributed by atoms with Crippen molar-refractivity contribution in [2.24, 2.45) is 7.05 Å². The zero-order valence-electron chi connectivity index (χ0n) is 12.0. The zero-order chi connectivity index (χ0) is 14.4. The molecule has 0 fully saturated rings. The van der Waals surface area contributed by atoms with Gasteiger partial charge in [0, 0.05) is 17.8 Å². The van der Waals surface area contributed by atoms with E-state index in [4.69, 9.17) is 5.73 Å². The molecule has 0 saturated heterocycles. The third-order valence-corrected chi connectivity index (χ3v) is 3.96. The second kappa shape index (κ2) is 4.37. The van der Waals surface area contributed by atoms with E-state index in [0.29, 0.717) is 17.0 Å². The van der Waals surface area contributed by atoms with E-state index in [0.717, 1.165) is 22.0 Å². The number of nitrogen functional groups attached to an aromatic ring is 1. The average molecular weight is 266 g/mol. The number of aryl methyl sites for hydroxylation is 1.